The third-order valence-corrected chi connectivity index (χ3v) is 2.54. The van der Waals surface area contributed by atoms with Crippen molar-refractivity contribution in [2.45, 2.75) is 26.1 Å². The number of ether oxygens (including phenoxy) is 1. The van der Waals surface area contributed by atoms with Gasteiger partial charge in [0.05, 0.1) is 12.2 Å². The third-order valence-electron chi connectivity index (χ3n) is 2.54. The molecule has 0 amide bonds. The lowest BCUT2D eigenvalue weighted by atomic mass is 10.00. The number of aliphatic hydroxyl groups excluding tert-OH is 2. The molecule has 104 valence electrons. The van der Waals surface area contributed by atoms with E-state index in [2.05, 4.69) is 4.74 Å². The minimum Gasteiger partial charge on any atom is -0.464 e. The maximum absolute atomic E-state index is 13.3. The zero-order valence-corrected chi connectivity index (χ0v) is 10.6. The van der Waals surface area contributed by atoms with Gasteiger partial charge >= 0.3 is 5.97 Å². The highest BCUT2D eigenvalue weighted by Gasteiger charge is 2.27. The van der Waals surface area contributed by atoms with Crippen LogP contribution in [0.1, 0.15) is 35.9 Å². The molecule has 0 saturated carbocycles. The lowest BCUT2D eigenvalue weighted by Crippen LogP contribution is -2.30. The number of rotatable bonds is 5. The Morgan fingerprint density at radius 3 is 2.53 bits per heavy atom. The van der Waals surface area contributed by atoms with Crippen LogP contribution in [0.4, 0.5) is 4.39 Å². The number of ketones is 1. The average Bonchev–Trinajstić information content (AvgIpc) is 2.37. The normalized spacial score (nSPS) is 13.7. The molecule has 0 bridgehead atoms. The molecule has 5 nitrogen and oxygen atoms in total. The fraction of sp³-hybridized carbons (Fsp3) is 0.385. The number of benzene rings is 1. The molecule has 0 heterocycles. The van der Waals surface area contributed by atoms with Gasteiger partial charge in [-0.25, -0.2) is 9.18 Å². The van der Waals surface area contributed by atoms with Crippen LogP contribution in [0.15, 0.2) is 18.2 Å². The predicted molar refractivity (Wildman–Crippen MR) is 64.0 cm³/mol. The number of carbonyl (C=O) groups is 2. The van der Waals surface area contributed by atoms with Gasteiger partial charge in [0.2, 0.25) is 0 Å². The van der Waals surface area contributed by atoms with E-state index in [0.717, 1.165) is 12.1 Å². The molecule has 19 heavy (non-hydrogen) atoms. The van der Waals surface area contributed by atoms with E-state index in [9.17, 15) is 24.2 Å². The Morgan fingerprint density at radius 2 is 2.00 bits per heavy atom. The lowest BCUT2D eigenvalue weighted by molar-refractivity contribution is -0.159. The highest BCUT2D eigenvalue weighted by atomic mass is 19.1. The number of hydrogen-bond acceptors (Lipinski definition) is 5. The SMILES string of the molecule is CCOC(=O)C(O)C(O)c1ccc(F)c(C(C)=O)c1. The second-order valence-corrected chi connectivity index (χ2v) is 3.94. The fourth-order valence-electron chi connectivity index (χ4n) is 1.54. The highest BCUT2D eigenvalue weighted by molar-refractivity contribution is 5.94. The maximum Gasteiger partial charge on any atom is 0.338 e. The smallest absolute Gasteiger partial charge is 0.338 e. The van der Waals surface area contributed by atoms with Crippen LogP contribution in [0.3, 0.4) is 0 Å². The molecule has 1 aromatic carbocycles. The van der Waals surface area contributed by atoms with Gasteiger partial charge < -0.3 is 14.9 Å². The van der Waals surface area contributed by atoms with Crippen LogP contribution in [-0.2, 0) is 9.53 Å². The maximum atomic E-state index is 13.3. The number of carbonyl (C=O) groups excluding carboxylic acids is 2. The van der Waals surface area contributed by atoms with Crippen LogP contribution in [0.5, 0.6) is 0 Å². The van der Waals surface area contributed by atoms with E-state index in [-0.39, 0.29) is 17.7 Å². The Labute approximate surface area is 109 Å². The standard InChI is InChI=1S/C13H15FO5/c1-3-19-13(18)12(17)11(16)8-4-5-10(14)9(6-8)7(2)15/h4-6,11-12,16-17H,3H2,1-2H3. The summed E-state index contributed by atoms with van der Waals surface area (Å²) in [5.74, 6) is -2.23. The van der Waals surface area contributed by atoms with Gasteiger partial charge in [0.1, 0.15) is 11.9 Å². The van der Waals surface area contributed by atoms with Crippen molar-refractivity contribution in [3.8, 4) is 0 Å². The van der Waals surface area contributed by atoms with E-state index >= 15 is 0 Å². The molecular formula is C13H15FO5. The van der Waals surface area contributed by atoms with Crippen LogP contribution in [0.25, 0.3) is 0 Å². The predicted octanol–water partition coefficient (Wildman–Crippen LogP) is 0.986. The minimum absolute atomic E-state index is 0.0602. The van der Waals surface area contributed by atoms with E-state index < -0.39 is 29.8 Å². The molecule has 0 aliphatic carbocycles. The lowest BCUT2D eigenvalue weighted by Gasteiger charge is -2.17. The van der Waals surface area contributed by atoms with Gasteiger partial charge in [-0.05, 0) is 31.5 Å². The number of Topliss-reactive ketones (excluding diaryl/α,β-unsaturated/α-hetero) is 1. The third kappa shape index (κ3) is 3.59. The monoisotopic (exact) mass is 270 g/mol. The van der Waals surface area contributed by atoms with Gasteiger partial charge in [-0.2, -0.15) is 0 Å². The van der Waals surface area contributed by atoms with Crippen LogP contribution < -0.4 is 0 Å². The number of hydrogen-bond donors (Lipinski definition) is 2. The van der Waals surface area contributed by atoms with Crippen molar-refractivity contribution in [1.29, 1.82) is 0 Å². The summed E-state index contributed by atoms with van der Waals surface area (Å²) in [7, 11) is 0. The van der Waals surface area contributed by atoms with Crippen molar-refractivity contribution in [2.75, 3.05) is 6.61 Å². The van der Waals surface area contributed by atoms with Crippen molar-refractivity contribution < 1.29 is 28.9 Å². The highest BCUT2D eigenvalue weighted by Crippen LogP contribution is 2.21. The van der Waals surface area contributed by atoms with Crippen molar-refractivity contribution in [1.82, 2.24) is 0 Å². The molecule has 1 aromatic rings. The number of aliphatic hydroxyl groups is 2. The second kappa shape index (κ2) is 6.40. The first-order valence-electron chi connectivity index (χ1n) is 5.71. The molecule has 0 aliphatic rings. The largest absolute Gasteiger partial charge is 0.464 e. The van der Waals surface area contributed by atoms with Gasteiger partial charge in [0.25, 0.3) is 0 Å². The van der Waals surface area contributed by atoms with Crippen LogP contribution >= 0.6 is 0 Å². The quantitative estimate of drug-likeness (QED) is 0.615. The van der Waals surface area contributed by atoms with Crippen LogP contribution in [-0.4, -0.2) is 34.7 Å². The molecule has 2 N–H and O–H groups in total. The molecule has 0 fully saturated rings. The second-order valence-electron chi connectivity index (χ2n) is 3.94. The molecule has 0 aromatic heterocycles. The van der Waals surface area contributed by atoms with Gasteiger partial charge in [-0.15, -0.1) is 0 Å². The summed E-state index contributed by atoms with van der Waals surface area (Å²) in [5, 5.41) is 19.4. The summed E-state index contributed by atoms with van der Waals surface area (Å²) in [5.41, 5.74) is -0.153. The van der Waals surface area contributed by atoms with Gasteiger partial charge in [0, 0.05) is 0 Å². The van der Waals surface area contributed by atoms with Crippen LogP contribution in [0, 0.1) is 5.82 Å². The van der Waals surface area contributed by atoms with Gasteiger partial charge in [-0.1, -0.05) is 6.07 Å². The van der Waals surface area contributed by atoms with Crippen LogP contribution in [0.2, 0.25) is 0 Å². The molecule has 6 heteroatoms. The average molecular weight is 270 g/mol. The first-order chi connectivity index (χ1) is 8.88. The summed E-state index contributed by atoms with van der Waals surface area (Å²) in [6.07, 6.45) is -3.37. The zero-order chi connectivity index (χ0) is 14.6. The van der Waals surface area contributed by atoms with Crippen molar-refractivity contribution in [2.24, 2.45) is 0 Å². The Balaban J connectivity index is 3.00. The van der Waals surface area contributed by atoms with Crippen molar-refractivity contribution >= 4 is 11.8 Å². The van der Waals surface area contributed by atoms with E-state index in [1.165, 1.54) is 13.0 Å². The summed E-state index contributed by atoms with van der Waals surface area (Å²) < 4.78 is 17.9. The first-order valence-corrected chi connectivity index (χ1v) is 5.71. The van der Waals surface area contributed by atoms with E-state index in [1.807, 2.05) is 0 Å². The molecule has 2 unspecified atom stereocenters. The van der Waals surface area contributed by atoms with Crippen molar-refractivity contribution in [3.05, 3.63) is 35.1 Å². The molecule has 0 spiro atoms. The summed E-state index contributed by atoms with van der Waals surface area (Å²) in [4.78, 5) is 22.4. The van der Waals surface area contributed by atoms with Gasteiger partial charge in [-0.3, -0.25) is 4.79 Å². The number of esters is 1. The van der Waals surface area contributed by atoms with E-state index in [1.54, 1.807) is 6.92 Å². The Hall–Kier alpha value is -1.79. The molecule has 1 rings (SSSR count). The zero-order valence-electron chi connectivity index (χ0n) is 10.6. The molecule has 0 saturated heterocycles. The molecule has 0 aliphatic heterocycles. The Morgan fingerprint density at radius 1 is 1.37 bits per heavy atom. The molecule has 2 atom stereocenters. The van der Waals surface area contributed by atoms with E-state index in [4.69, 9.17) is 0 Å². The fourth-order valence-corrected chi connectivity index (χ4v) is 1.54. The van der Waals surface area contributed by atoms with Gasteiger partial charge in [0.15, 0.2) is 11.9 Å². The molecule has 0 radical (unpaired) electrons. The Bertz CT molecular complexity index is 486. The Kier molecular flexibility index (Phi) is 5.14. The molecular weight excluding hydrogens is 255 g/mol. The summed E-state index contributed by atoms with van der Waals surface area (Å²) in [6, 6.07) is 3.28. The summed E-state index contributed by atoms with van der Waals surface area (Å²) >= 11 is 0. The van der Waals surface area contributed by atoms with Crippen molar-refractivity contribution in [3.63, 3.8) is 0 Å². The first kappa shape index (κ1) is 15.3. The summed E-state index contributed by atoms with van der Waals surface area (Å²) in [6.45, 7) is 2.80. The van der Waals surface area contributed by atoms with E-state index in [0.29, 0.717) is 0 Å². The minimum atomic E-state index is -1.79. The number of halogens is 1. The topological polar surface area (TPSA) is 83.8 Å².